The van der Waals surface area contributed by atoms with Crippen LogP contribution in [0.25, 0.3) is 99.9 Å². The third-order valence-electron chi connectivity index (χ3n) is 9.09. The minimum atomic E-state index is 0.563. The lowest BCUT2D eigenvalue weighted by Crippen LogP contribution is -2.00. The van der Waals surface area contributed by atoms with Crippen molar-refractivity contribution < 1.29 is 8.83 Å². The monoisotopic (exact) mass is 615 g/mol. The molecule has 48 heavy (non-hydrogen) atoms. The predicted octanol–water partition coefficient (Wildman–Crippen LogP) is 11.5. The maximum absolute atomic E-state index is 6.61. The van der Waals surface area contributed by atoms with E-state index in [9.17, 15) is 0 Å². The summed E-state index contributed by atoms with van der Waals surface area (Å²) in [5.41, 5.74) is 8.02. The van der Waals surface area contributed by atoms with Gasteiger partial charge in [-0.3, -0.25) is 0 Å². The molecule has 0 N–H and O–H groups in total. The van der Waals surface area contributed by atoms with E-state index in [0.717, 1.165) is 77.1 Å². The van der Waals surface area contributed by atoms with Gasteiger partial charge in [0.1, 0.15) is 22.3 Å². The molecule has 0 spiro atoms. The van der Waals surface area contributed by atoms with Gasteiger partial charge in [-0.15, -0.1) is 0 Å². The summed E-state index contributed by atoms with van der Waals surface area (Å²) in [6.07, 6.45) is 0. The van der Waals surface area contributed by atoms with Gasteiger partial charge in [0.15, 0.2) is 17.5 Å². The Labute approximate surface area is 274 Å². The molecule has 10 rings (SSSR count). The Bertz CT molecular complexity index is 2840. The van der Waals surface area contributed by atoms with Gasteiger partial charge in [-0.2, -0.15) is 0 Å². The molecule has 0 amide bonds. The molecule has 0 aliphatic rings. The van der Waals surface area contributed by atoms with Gasteiger partial charge in [0, 0.05) is 38.2 Å². The maximum atomic E-state index is 6.61. The number of rotatable bonds is 4. The Balaban J connectivity index is 1.22. The number of benzene rings is 7. The van der Waals surface area contributed by atoms with E-state index in [1.165, 1.54) is 5.39 Å². The van der Waals surface area contributed by atoms with Crippen LogP contribution in [0.15, 0.2) is 160 Å². The van der Waals surface area contributed by atoms with E-state index >= 15 is 0 Å². The smallest absolute Gasteiger partial charge is 0.164 e. The second-order valence-corrected chi connectivity index (χ2v) is 12.0. The standard InChI is InChI=1S/C43H25N3O2/c1-3-11-26(12-4-1)34-22-31(25-39-40(34)35-21-28-15-7-8-16-29(28)23-38(35)48-39)43-45-41(27-13-5-2-6-14-27)44-42(46-43)30-19-20-33-32-17-9-10-18-36(32)47-37(33)24-30/h1-25H. The molecule has 224 valence electrons. The number of aromatic nitrogens is 3. The molecular weight excluding hydrogens is 590 g/mol. The average molecular weight is 616 g/mol. The van der Waals surface area contributed by atoms with E-state index in [-0.39, 0.29) is 0 Å². The third-order valence-corrected chi connectivity index (χ3v) is 9.09. The van der Waals surface area contributed by atoms with Crippen molar-refractivity contribution in [3.05, 3.63) is 152 Å². The highest BCUT2D eigenvalue weighted by molar-refractivity contribution is 6.16. The van der Waals surface area contributed by atoms with Gasteiger partial charge in [0.25, 0.3) is 0 Å². The van der Waals surface area contributed by atoms with Crippen LogP contribution >= 0.6 is 0 Å². The normalized spacial score (nSPS) is 11.8. The lowest BCUT2D eigenvalue weighted by atomic mass is 9.96. The van der Waals surface area contributed by atoms with Crippen molar-refractivity contribution in [1.82, 2.24) is 15.0 Å². The van der Waals surface area contributed by atoms with E-state index in [0.29, 0.717) is 17.5 Å². The molecule has 3 heterocycles. The molecule has 3 aromatic heterocycles. The van der Waals surface area contributed by atoms with Gasteiger partial charge in [-0.25, -0.2) is 15.0 Å². The molecule has 0 atom stereocenters. The van der Waals surface area contributed by atoms with Gasteiger partial charge in [-0.1, -0.05) is 109 Å². The molecule has 0 aliphatic heterocycles. The number of nitrogens with zero attached hydrogens (tertiary/aromatic N) is 3. The van der Waals surface area contributed by atoms with Crippen LogP contribution in [0, 0.1) is 0 Å². The van der Waals surface area contributed by atoms with Crippen molar-refractivity contribution in [2.75, 3.05) is 0 Å². The number of hydrogen-bond donors (Lipinski definition) is 0. The summed E-state index contributed by atoms with van der Waals surface area (Å²) in [5, 5.41) is 6.60. The molecule has 0 unspecified atom stereocenters. The van der Waals surface area contributed by atoms with Crippen LogP contribution in [0.2, 0.25) is 0 Å². The van der Waals surface area contributed by atoms with Gasteiger partial charge in [0.2, 0.25) is 0 Å². The highest BCUT2D eigenvalue weighted by Gasteiger charge is 2.19. The van der Waals surface area contributed by atoms with E-state index in [1.54, 1.807) is 0 Å². The topological polar surface area (TPSA) is 65.0 Å². The quantitative estimate of drug-likeness (QED) is 0.197. The zero-order valence-electron chi connectivity index (χ0n) is 25.6. The van der Waals surface area contributed by atoms with E-state index < -0.39 is 0 Å². The summed E-state index contributed by atoms with van der Waals surface area (Å²) < 4.78 is 12.8. The van der Waals surface area contributed by atoms with Crippen LogP contribution < -0.4 is 0 Å². The largest absolute Gasteiger partial charge is 0.456 e. The van der Waals surface area contributed by atoms with Crippen molar-refractivity contribution >= 4 is 54.6 Å². The second kappa shape index (κ2) is 10.5. The Morgan fingerprint density at radius 1 is 0.333 bits per heavy atom. The first kappa shape index (κ1) is 26.6. The number of fused-ring (bicyclic) bond motifs is 7. The van der Waals surface area contributed by atoms with Gasteiger partial charge >= 0.3 is 0 Å². The molecule has 0 saturated carbocycles. The van der Waals surface area contributed by atoms with Crippen LogP contribution in [0.5, 0.6) is 0 Å². The lowest BCUT2D eigenvalue weighted by molar-refractivity contribution is 0.669. The molecule has 5 heteroatoms. The highest BCUT2D eigenvalue weighted by Crippen LogP contribution is 2.41. The zero-order chi connectivity index (χ0) is 31.6. The fourth-order valence-electron chi connectivity index (χ4n) is 6.78. The molecule has 0 radical (unpaired) electrons. The molecule has 7 aromatic carbocycles. The van der Waals surface area contributed by atoms with Crippen LogP contribution in [-0.4, -0.2) is 15.0 Å². The first-order valence-electron chi connectivity index (χ1n) is 15.9. The van der Waals surface area contributed by atoms with Gasteiger partial charge in [-0.05, 0) is 64.4 Å². The summed E-state index contributed by atoms with van der Waals surface area (Å²) >= 11 is 0. The van der Waals surface area contributed by atoms with Crippen molar-refractivity contribution in [2.24, 2.45) is 0 Å². The second-order valence-electron chi connectivity index (χ2n) is 12.0. The molecule has 0 aliphatic carbocycles. The average Bonchev–Trinajstić information content (AvgIpc) is 3.71. The van der Waals surface area contributed by atoms with E-state index in [2.05, 4.69) is 91.0 Å². The summed E-state index contributed by atoms with van der Waals surface area (Å²) in [6, 6.07) is 51.7. The molecule has 0 bridgehead atoms. The number of para-hydroxylation sites is 1. The SMILES string of the molecule is c1ccc(-c2nc(-c3ccc4c(c3)oc3ccccc34)nc(-c3cc(-c4ccccc4)c4c(c3)oc3cc5ccccc5cc34)n2)cc1. The lowest BCUT2D eigenvalue weighted by Gasteiger charge is -2.11. The minimum Gasteiger partial charge on any atom is -0.456 e. The Morgan fingerprint density at radius 2 is 0.896 bits per heavy atom. The van der Waals surface area contributed by atoms with Crippen LogP contribution in [-0.2, 0) is 0 Å². The van der Waals surface area contributed by atoms with Gasteiger partial charge in [0.05, 0.1) is 0 Å². The highest BCUT2D eigenvalue weighted by atomic mass is 16.3. The Hall–Kier alpha value is -6.59. The molecule has 0 fully saturated rings. The van der Waals surface area contributed by atoms with Crippen molar-refractivity contribution in [3.8, 4) is 45.3 Å². The summed E-state index contributed by atoms with van der Waals surface area (Å²) in [5.74, 6) is 1.73. The summed E-state index contributed by atoms with van der Waals surface area (Å²) in [7, 11) is 0. The number of furan rings is 2. The predicted molar refractivity (Wildman–Crippen MR) is 194 cm³/mol. The van der Waals surface area contributed by atoms with Crippen LogP contribution in [0.1, 0.15) is 0 Å². The fraction of sp³-hybridized carbons (Fsp3) is 0. The van der Waals surface area contributed by atoms with Crippen molar-refractivity contribution in [1.29, 1.82) is 0 Å². The molecular formula is C43H25N3O2. The van der Waals surface area contributed by atoms with E-state index in [4.69, 9.17) is 23.8 Å². The summed E-state index contributed by atoms with van der Waals surface area (Å²) in [4.78, 5) is 15.1. The first-order valence-corrected chi connectivity index (χ1v) is 15.9. The summed E-state index contributed by atoms with van der Waals surface area (Å²) in [6.45, 7) is 0. The molecule has 5 nitrogen and oxygen atoms in total. The van der Waals surface area contributed by atoms with Crippen LogP contribution in [0.3, 0.4) is 0 Å². The van der Waals surface area contributed by atoms with Crippen molar-refractivity contribution in [3.63, 3.8) is 0 Å². The van der Waals surface area contributed by atoms with Crippen molar-refractivity contribution in [2.45, 2.75) is 0 Å². The van der Waals surface area contributed by atoms with E-state index in [1.807, 2.05) is 60.7 Å². The first-order chi connectivity index (χ1) is 23.7. The molecule has 10 aromatic rings. The van der Waals surface area contributed by atoms with Crippen LogP contribution in [0.4, 0.5) is 0 Å². The minimum absolute atomic E-state index is 0.563. The fourth-order valence-corrected chi connectivity index (χ4v) is 6.78. The Kier molecular flexibility index (Phi) is 5.81. The van der Waals surface area contributed by atoms with Gasteiger partial charge < -0.3 is 8.83 Å². The molecule has 0 saturated heterocycles. The third kappa shape index (κ3) is 4.29. The zero-order valence-corrected chi connectivity index (χ0v) is 25.6. The number of hydrogen-bond acceptors (Lipinski definition) is 5. The Morgan fingerprint density at radius 3 is 1.69 bits per heavy atom. The maximum Gasteiger partial charge on any atom is 0.164 e.